The third-order valence-electron chi connectivity index (χ3n) is 0. The Hall–Kier alpha value is 0.634. The van der Waals surface area contributed by atoms with Crippen molar-refractivity contribution >= 4 is 0 Å². The van der Waals surface area contributed by atoms with Crippen LogP contribution in [0.2, 0.25) is 0 Å². The quantitative estimate of drug-likeness (QED) is 0.520. The summed E-state index contributed by atoms with van der Waals surface area (Å²) in [5.74, 6) is 2.83. The Kier molecular flexibility index (Phi) is 45.8. The predicted octanol–water partition coefficient (Wildman–Crippen LogP) is 4.01. The summed E-state index contributed by atoms with van der Waals surface area (Å²) in [5.41, 5.74) is 0. The summed E-state index contributed by atoms with van der Waals surface area (Å²) in [7, 11) is 0. The number of aliphatic hydroxyl groups is 2. The van der Waals surface area contributed by atoms with Crippen molar-refractivity contribution in [3.63, 3.8) is 0 Å². The molecule has 0 aromatic heterocycles. The topological polar surface area (TPSA) is 40.5 Å². The van der Waals surface area contributed by atoms with Crippen molar-refractivity contribution in [3.8, 4) is 0 Å². The van der Waals surface area contributed by atoms with Crippen LogP contribution in [0.5, 0.6) is 0 Å². The molecule has 0 amide bonds. The van der Waals surface area contributed by atoms with E-state index < -0.39 is 0 Å². The van der Waals surface area contributed by atoms with E-state index in [0.717, 1.165) is 0 Å². The van der Waals surface area contributed by atoms with Gasteiger partial charge in [-0.25, -0.2) is 0 Å². The van der Waals surface area contributed by atoms with Crippen molar-refractivity contribution in [2.45, 2.75) is 81.4 Å². The molecule has 3 heteroatoms. The first-order chi connectivity index (χ1) is 6.93. The molecular formula is C14H34O2Ti. The van der Waals surface area contributed by atoms with E-state index in [0.29, 0.717) is 0 Å². The van der Waals surface area contributed by atoms with Crippen LogP contribution < -0.4 is 0 Å². The fraction of sp³-hybridized carbons (Fsp3) is 0.857. The first kappa shape index (κ1) is 30.6. The van der Waals surface area contributed by atoms with Gasteiger partial charge in [-0.3, -0.25) is 0 Å². The number of hydrogen-bond acceptors (Lipinski definition) is 2. The number of hydrogen-bond donors (Lipinski definition) is 2. The second kappa shape index (κ2) is 25.5. The SMILES string of the molecule is CC(C)O.CC(C)O.C[C-](C)C.C[C-](C)C.[Ti+2]. The predicted molar refractivity (Wildman–Crippen MR) is 75.2 cm³/mol. The summed E-state index contributed by atoms with van der Waals surface area (Å²) in [6.07, 6.45) is -0.333. The van der Waals surface area contributed by atoms with Gasteiger partial charge in [0.05, 0.1) is 0 Å². The van der Waals surface area contributed by atoms with Gasteiger partial charge in [0.25, 0.3) is 0 Å². The van der Waals surface area contributed by atoms with Crippen LogP contribution in [0.25, 0.3) is 0 Å². The Bertz CT molecular complexity index is 57.2. The average Bonchev–Trinajstić information content (AvgIpc) is 1.76. The maximum Gasteiger partial charge on any atom is 2.00 e. The average molecular weight is 282 g/mol. The molecule has 0 bridgehead atoms. The van der Waals surface area contributed by atoms with Gasteiger partial charge in [0.2, 0.25) is 0 Å². The Morgan fingerprint density at radius 1 is 0.588 bits per heavy atom. The van der Waals surface area contributed by atoms with Crippen LogP contribution in [0, 0.1) is 11.8 Å². The summed E-state index contributed by atoms with van der Waals surface area (Å²) >= 11 is 0. The Morgan fingerprint density at radius 3 is 0.588 bits per heavy atom. The van der Waals surface area contributed by atoms with Crippen LogP contribution >= 0.6 is 0 Å². The van der Waals surface area contributed by atoms with Gasteiger partial charge >= 0.3 is 21.7 Å². The zero-order valence-electron chi connectivity index (χ0n) is 13.5. The first-order valence-corrected chi connectivity index (χ1v) is 5.83. The van der Waals surface area contributed by atoms with E-state index in [1.54, 1.807) is 27.7 Å². The summed E-state index contributed by atoms with van der Waals surface area (Å²) < 4.78 is 0. The molecule has 2 N–H and O–H groups in total. The van der Waals surface area contributed by atoms with Gasteiger partial charge in [-0.05, 0) is 27.7 Å². The minimum absolute atomic E-state index is 0. The molecule has 0 saturated heterocycles. The minimum atomic E-state index is -0.167. The van der Waals surface area contributed by atoms with Crippen LogP contribution in [0.3, 0.4) is 0 Å². The van der Waals surface area contributed by atoms with E-state index in [9.17, 15) is 0 Å². The van der Waals surface area contributed by atoms with Crippen LogP contribution in [-0.2, 0) is 21.7 Å². The smallest absolute Gasteiger partial charge is 0.394 e. The molecule has 0 saturated carbocycles. The van der Waals surface area contributed by atoms with Gasteiger partial charge in [-0.1, -0.05) is 0 Å². The van der Waals surface area contributed by atoms with Crippen molar-refractivity contribution in [2.75, 3.05) is 0 Å². The van der Waals surface area contributed by atoms with Crippen molar-refractivity contribution in [1.29, 1.82) is 0 Å². The van der Waals surface area contributed by atoms with Crippen LogP contribution in [0.15, 0.2) is 0 Å². The molecule has 0 spiro atoms. The van der Waals surface area contributed by atoms with Gasteiger partial charge in [-0.15, -0.1) is 0 Å². The molecule has 0 aliphatic carbocycles. The molecule has 0 radical (unpaired) electrons. The standard InChI is InChI=1S/2C4H9.2C3H8O.Ti/c2*1-4(2)3;2*1-3(2)4;/h2*1-3H3;2*3-4H,1-2H3;/q2*-1;;;+2. The van der Waals surface area contributed by atoms with E-state index in [4.69, 9.17) is 10.2 Å². The summed E-state index contributed by atoms with van der Waals surface area (Å²) in [6, 6.07) is 0. The molecule has 0 aliphatic heterocycles. The zero-order valence-corrected chi connectivity index (χ0v) is 15.1. The Morgan fingerprint density at radius 2 is 0.588 bits per heavy atom. The molecule has 0 heterocycles. The monoisotopic (exact) mass is 282 g/mol. The van der Waals surface area contributed by atoms with E-state index >= 15 is 0 Å². The Balaban J connectivity index is -0.0000000369. The largest absolute Gasteiger partial charge is 2.00 e. The van der Waals surface area contributed by atoms with E-state index in [1.807, 2.05) is 0 Å². The maximum atomic E-state index is 8.06. The van der Waals surface area contributed by atoms with Crippen LogP contribution in [0.4, 0.5) is 0 Å². The molecule has 0 aromatic rings. The molecule has 0 aromatic carbocycles. The molecule has 0 rings (SSSR count). The van der Waals surface area contributed by atoms with Gasteiger partial charge in [0, 0.05) is 12.2 Å². The van der Waals surface area contributed by atoms with Crippen molar-refractivity contribution in [2.24, 2.45) is 0 Å². The van der Waals surface area contributed by atoms with Crippen LogP contribution in [0.1, 0.15) is 69.2 Å². The van der Waals surface area contributed by atoms with Crippen molar-refractivity contribution in [3.05, 3.63) is 11.8 Å². The van der Waals surface area contributed by atoms with Gasteiger partial charge in [0.15, 0.2) is 0 Å². The van der Waals surface area contributed by atoms with Crippen LogP contribution in [-0.4, -0.2) is 22.4 Å². The molecule has 0 unspecified atom stereocenters. The zero-order chi connectivity index (χ0) is 14.3. The van der Waals surface area contributed by atoms with E-state index in [1.165, 1.54) is 11.8 Å². The molecule has 2 nitrogen and oxygen atoms in total. The molecule has 17 heavy (non-hydrogen) atoms. The summed E-state index contributed by atoms with van der Waals surface area (Å²) in [6.45, 7) is 19.4. The molecule has 0 aliphatic rings. The van der Waals surface area contributed by atoms with E-state index in [-0.39, 0.29) is 33.9 Å². The molecule has 0 atom stereocenters. The Labute approximate surface area is 125 Å². The van der Waals surface area contributed by atoms with Gasteiger partial charge in [0.1, 0.15) is 0 Å². The molecule has 0 fully saturated rings. The molecule has 106 valence electrons. The van der Waals surface area contributed by atoms with Crippen molar-refractivity contribution in [1.82, 2.24) is 0 Å². The third kappa shape index (κ3) is 8850. The van der Waals surface area contributed by atoms with Gasteiger partial charge in [-0.2, -0.15) is 41.5 Å². The third-order valence-corrected chi connectivity index (χ3v) is 0. The first-order valence-electron chi connectivity index (χ1n) is 5.83. The minimum Gasteiger partial charge on any atom is -0.394 e. The summed E-state index contributed by atoms with van der Waals surface area (Å²) in [5, 5.41) is 16.1. The van der Waals surface area contributed by atoms with E-state index in [2.05, 4.69) is 41.5 Å². The second-order valence-electron chi connectivity index (χ2n) is 5.19. The maximum absolute atomic E-state index is 8.06. The number of aliphatic hydroxyl groups excluding tert-OH is 2. The fourth-order valence-electron chi connectivity index (χ4n) is 0. The molecular weight excluding hydrogens is 248 g/mol. The second-order valence-corrected chi connectivity index (χ2v) is 5.19. The van der Waals surface area contributed by atoms with Gasteiger partial charge < -0.3 is 22.0 Å². The summed E-state index contributed by atoms with van der Waals surface area (Å²) in [4.78, 5) is 0. The fourth-order valence-corrected chi connectivity index (χ4v) is 0. The number of rotatable bonds is 0. The van der Waals surface area contributed by atoms with Crippen molar-refractivity contribution < 1.29 is 31.9 Å². The normalized spacial score (nSPS) is 8.47.